The minimum Gasteiger partial charge on any atom is -0.487 e. The predicted octanol–water partition coefficient (Wildman–Crippen LogP) is 3.32. The van der Waals surface area contributed by atoms with Crippen LogP contribution < -0.4 is 10.1 Å². The molecule has 0 aliphatic carbocycles. The maximum absolute atomic E-state index is 5.82. The van der Waals surface area contributed by atoms with Crippen molar-refractivity contribution in [2.75, 3.05) is 13.2 Å². The van der Waals surface area contributed by atoms with Crippen LogP contribution in [0.3, 0.4) is 0 Å². The molecular weight excluding hydrogens is 288 g/mol. The van der Waals surface area contributed by atoms with Crippen molar-refractivity contribution in [2.45, 2.75) is 38.5 Å². The third-order valence-corrected chi connectivity index (χ3v) is 4.14. The van der Waals surface area contributed by atoms with Gasteiger partial charge < -0.3 is 14.8 Å². The van der Waals surface area contributed by atoms with Gasteiger partial charge in [0.2, 0.25) is 0 Å². The molecule has 0 spiro atoms. The van der Waals surface area contributed by atoms with Gasteiger partial charge in [-0.05, 0) is 49.6 Å². The molecule has 2 heterocycles. The topological polar surface area (TPSA) is 43.4 Å². The minimum absolute atomic E-state index is 0.00686. The molecule has 1 N–H and O–H groups in total. The summed E-state index contributed by atoms with van der Waals surface area (Å²) in [7, 11) is 0. The number of aromatic nitrogens is 1. The van der Waals surface area contributed by atoms with E-state index in [1.807, 2.05) is 30.3 Å². The van der Waals surface area contributed by atoms with Crippen LogP contribution in [0.5, 0.6) is 5.75 Å². The lowest BCUT2D eigenvalue weighted by atomic mass is 10.0. The molecule has 1 saturated heterocycles. The van der Waals surface area contributed by atoms with Crippen molar-refractivity contribution in [1.82, 2.24) is 10.3 Å². The number of nitrogens with zero attached hydrogens (tertiary/aromatic N) is 1. The van der Waals surface area contributed by atoms with Crippen molar-refractivity contribution in [2.24, 2.45) is 0 Å². The molecule has 1 unspecified atom stereocenters. The van der Waals surface area contributed by atoms with Gasteiger partial charge in [-0.2, -0.15) is 0 Å². The quantitative estimate of drug-likeness (QED) is 0.852. The van der Waals surface area contributed by atoms with Crippen molar-refractivity contribution < 1.29 is 9.47 Å². The van der Waals surface area contributed by atoms with E-state index in [4.69, 9.17) is 9.47 Å². The Bertz CT molecular complexity index is 610. The predicted molar refractivity (Wildman–Crippen MR) is 90.3 cm³/mol. The molecular formula is C19H24N2O2. The number of hydrogen-bond acceptors (Lipinski definition) is 4. The number of rotatable bonds is 7. The Morgan fingerprint density at radius 3 is 3.00 bits per heavy atom. The molecule has 1 aliphatic rings. The molecule has 23 heavy (non-hydrogen) atoms. The van der Waals surface area contributed by atoms with Gasteiger partial charge in [-0.15, -0.1) is 0 Å². The summed E-state index contributed by atoms with van der Waals surface area (Å²) < 4.78 is 11.6. The molecule has 1 aromatic carbocycles. The fraction of sp³-hybridized carbons (Fsp3) is 0.421. The number of pyridine rings is 1. The van der Waals surface area contributed by atoms with Crippen molar-refractivity contribution in [3.63, 3.8) is 0 Å². The first kappa shape index (κ1) is 16.0. The summed E-state index contributed by atoms with van der Waals surface area (Å²) in [5.74, 6) is 0.873. The van der Waals surface area contributed by atoms with E-state index in [1.165, 1.54) is 5.56 Å². The lowest BCUT2D eigenvalue weighted by molar-refractivity contribution is 0.0207. The first-order chi connectivity index (χ1) is 11.2. The fourth-order valence-electron chi connectivity index (χ4n) is 2.83. The Balaban J connectivity index is 1.49. The Morgan fingerprint density at radius 1 is 1.26 bits per heavy atom. The molecule has 0 saturated carbocycles. The molecule has 4 heteroatoms. The highest BCUT2D eigenvalue weighted by Crippen LogP contribution is 2.24. The molecule has 2 aromatic rings. The highest BCUT2D eigenvalue weighted by molar-refractivity contribution is 5.28. The summed E-state index contributed by atoms with van der Waals surface area (Å²) in [5.41, 5.74) is 2.14. The smallest absolute Gasteiger partial charge is 0.130 e. The van der Waals surface area contributed by atoms with Crippen LogP contribution in [0.2, 0.25) is 0 Å². The maximum Gasteiger partial charge on any atom is 0.130 e. The second-order valence-corrected chi connectivity index (χ2v) is 6.26. The SMILES string of the molecule is CC1(CNCc2cccc(OCc3ccccn3)c2)CCCO1. The molecule has 1 atom stereocenters. The molecule has 0 radical (unpaired) electrons. The van der Waals surface area contributed by atoms with Crippen molar-refractivity contribution in [1.29, 1.82) is 0 Å². The highest BCUT2D eigenvalue weighted by atomic mass is 16.5. The molecule has 0 bridgehead atoms. The van der Waals surface area contributed by atoms with Crippen LogP contribution in [0.1, 0.15) is 31.0 Å². The van der Waals surface area contributed by atoms with Crippen LogP contribution in [0.4, 0.5) is 0 Å². The lowest BCUT2D eigenvalue weighted by Gasteiger charge is -2.23. The molecule has 1 fully saturated rings. The second kappa shape index (κ2) is 7.57. The van der Waals surface area contributed by atoms with Crippen LogP contribution in [-0.4, -0.2) is 23.7 Å². The zero-order chi connectivity index (χ0) is 16.0. The van der Waals surface area contributed by atoms with E-state index >= 15 is 0 Å². The Hall–Kier alpha value is -1.91. The molecule has 1 aromatic heterocycles. The summed E-state index contributed by atoms with van der Waals surface area (Å²) in [6.07, 6.45) is 4.08. The van der Waals surface area contributed by atoms with Gasteiger partial charge in [-0.25, -0.2) is 0 Å². The largest absolute Gasteiger partial charge is 0.487 e. The fourth-order valence-corrected chi connectivity index (χ4v) is 2.83. The first-order valence-electron chi connectivity index (χ1n) is 8.20. The van der Waals surface area contributed by atoms with E-state index in [9.17, 15) is 0 Å². The van der Waals surface area contributed by atoms with Gasteiger partial charge >= 0.3 is 0 Å². The normalized spacial score (nSPS) is 20.6. The summed E-state index contributed by atoms with van der Waals surface area (Å²) in [4.78, 5) is 4.27. The lowest BCUT2D eigenvalue weighted by Crippen LogP contribution is -2.36. The third-order valence-electron chi connectivity index (χ3n) is 4.14. The number of ether oxygens (including phenoxy) is 2. The second-order valence-electron chi connectivity index (χ2n) is 6.26. The summed E-state index contributed by atoms with van der Waals surface area (Å²) in [6.45, 7) is 5.25. The van der Waals surface area contributed by atoms with E-state index in [-0.39, 0.29) is 5.60 Å². The summed E-state index contributed by atoms with van der Waals surface area (Å²) >= 11 is 0. The zero-order valence-electron chi connectivity index (χ0n) is 13.6. The van der Waals surface area contributed by atoms with E-state index in [1.54, 1.807) is 6.20 Å². The molecule has 4 nitrogen and oxygen atoms in total. The zero-order valence-corrected chi connectivity index (χ0v) is 13.6. The van der Waals surface area contributed by atoms with E-state index in [2.05, 4.69) is 29.4 Å². The average molecular weight is 312 g/mol. The minimum atomic E-state index is -0.00686. The van der Waals surface area contributed by atoms with Gasteiger partial charge in [0.25, 0.3) is 0 Å². The standard InChI is InChI=1S/C19H24N2O2/c1-19(9-5-11-23-19)15-20-13-16-6-4-8-18(12-16)22-14-17-7-2-3-10-21-17/h2-4,6-8,10,12,20H,5,9,11,13-15H2,1H3. The van der Waals surface area contributed by atoms with Gasteiger partial charge in [0.15, 0.2) is 0 Å². The molecule has 3 rings (SSSR count). The molecule has 1 aliphatic heterocycles. The number of benzene rings is 1. The number of nitrogens with one attached hydrogen (secondary N) is 1. The van der Waals surface area contributed by atoms with Gasteiger partial charge in [0.05, 0.1) is 11.3 Å². The van der Waals surface area contributed by atoms with E-state index in [0.29, 0.717) is 6.61 Å². The highest BCUT2D eigenvalue weighted by Gasteiger charge is 2.28. The molecule has 0 amide bonds. The van der Waals surface area contributed by atoms with Gasteiger partial charge in [0.1, 0.15) is 12.4 Å². The van der Waals surface area contributed by atoms with Crippen molar-refractivity contribution >= 4 is 0 Å². The van der Waals surface area contributed by atoms with E-state index < -0.39 is 0 Å². The summed E-state index contributed by atoms with van der Waals surface area (Å²) in [6, 6.07) is 14.0. The van der Waals surface area contributed by atoms with Gasteiger partial charge in [-0.3, -0.25) is 4.98 Å². The Morgan fingerprint density at radius 2 is 2.22 bits per heavy atom. The van der Waals surface area contributed by atoms with Crippen LogP contribution in [0.25, 0.3) is 0 Å². The van der Waals surface area contributed by atoms with Crippen LogP contribution in [-0.2, 0) is 17.9 Å². The van der Waals surface area contributed by atoms with Crippen LogP contribution in [0, 0.1) is 0 Å². The number of hydrogen-bond donors (Lipinski definition) is 1. The Labute approximate surface area is 137 Å². The maximum atomic E-state index is 5.82. The molecule has 122 valence electrons. The van der Waals surface area contributed by atoms with E-state index in [0.717, 1.165) is 44.0 Å². The monoisotopic (exact) mass is 312 g/mol. The van der Waals surface area contributed by atoms with Gasteiger partial charge in [-0.1, -0.05) is 18.2 Å². The van der Waals surface area contributed by atoms with Crippen LogP contribution in [0.15, 0.2) is 48.7 Å². The summed E-state index contributed by atoms with van der Waals surface area (Å²) in [5, 5.41) is 3.49. The van der Waals surface area contributed by atoms with Crippen LogP contribution >= 0.6 is 0 Å². The Kier molecular flexibility index (Phi) is 5.26. The van der Waals surface area contributed by atoms with Crippen molar-refractivity contribution in [3.05, 3.63) is 59.9 Å². The average Bonchev–Trinajstić information content (AvgIpc) is 3.01. The van der Waals surface area contributed by atoms with Gasteiger partial charge in [0, 0.05) is 25.9 Å². The third kappa shape index (κ3) is 4.78. The van der Waals surface area contributed by atoms with Crippen molar-refractivity contribution in [3.8, 4) is 5.75 Å². The first-order valence-corrected chi connectivity index (χ1v) is 8.20.